The van der Waals surface area contributed by atoms with Gasteiger partial charge in [0.1, 0.15) is 0 Å². The Bertz CT molecular complexity index is 938. The highest BCUT2D eigenvalue weighted by Crippen LogP contribution is 2.30. The zero-order valence-electron chi connectivity index (χ0n) is 14.2. The summed E-state index contributed by atoms with van der Waals surface area (Å²) in [5.74, 6) is -0.286. The molecular formula is C18H15ClFN3O2S2. The quantitative estimate of drug-likeness (QED) is 0.426. The predicted molar refractivity (Wildman–Crippen MR) is 106 cm³/mol. The molecule has 1 unspecified atom stereocenters. The zero-order valence-corrected chi connectivity index (χ0v) is 16.6. The van der Waals surface area contributed by atoms with Crippen LogP contribution in [0.2, 0.25) is 5.02 Å². The van der Waals surface area contributed by atoms with Gasteiger partial charge in [0.25, 0.3) is 5.91 Å². The fourth-order valence-corrected chi connectivity index (χ4v) is 4.11. The third-order valence-electron chi connectivity index (χ3n) is 3.46. The highest BCUT2D eigenvalue weighted by molar-refractivity contribution is 8.00. The largest absolute Gasteiger partial charge is 0.478 e. The fraction of sp³-hybridized carbons (Fsp3) is 0.167. The molecule has 0 spiro atoms. The molecule has 1 atom stereocenters. The molecule has 2 aromatic carbocycles. The third-order valence-corrected chi connectivity index (χ3v) is 5.84. The second-order valence-corrected chi connectivity index (χ2v) is 8.04. The van der Waals surface area contributed by atoms with Crippen LogP contribution in [-0.4, -0.2) is 22.2 Å². The number of ether oxygens (including phenoxy) is 1. The summed E-state index contributed by atoms with van der Waals surface area (Å²) in [6.45, 7) is 1.54. The zero-order chi connectivity index (χ0) is 19.2. The molecule has 0 radical (unpaired) electrons. The first-order chi connectivity index (χ1) is 13.0. The molecule has 0 aliphatic carbocycles. The lowest BCUT2D eigenvalue weighted by Gasteiger charge is -2.13. The first-order valence-electron chi connectivity index (χ1n) is 7.94. The summed E-state index contributed by atoms with van der Waals surface area (Å²) in [4.78, 5) is 12.2. The van der Waals surface area contributed by atoms with Gasteiger partial charge in [0.15, 0.2) is 22.0 Å². The van der Waals surface area contributed by atoms with E-state index in [1.807, 2.05) is 24.3 Å². The lowest BCUT2D eigenvalue weighted by atomic mass is 10.2. The Labute approximate surface area is 168 Å². The normalized spacial score (nSPS) is 11.8. The number of para-hydroxylation sites is 1. The van der Waals surface area contributed by atoms with Gasteiger partial charge < -0.3 is 4.74 Å². The summed E-state index contributed by atoms with van der Waals surface area (Å²) in [6, 6.07) is 13.5. The molecule has 1 N–H and O–H groups in total. The number of hydrogen-bond acceptors (Lipinski definition) is 6. The van der Waals surface area contributed by atoms with Crippen LogP contribution in [0.15, 0.2) is 52.9 Å². The van der Waals surface area contributed by atoms with Crippen LogP contribution in [0.5, 0.6) is 5.75 Å². The molecule has 140 valence electrons. The molecule has 1 heterocycles. The van der Waals surface area contributed by atoms with E-state index in [1.165, 1.54) is 42.2 Å². The van der Waals surface area contributed by atoms with Gasteiger partial charge in [-0.15, -0.1) is 10.2 Å². The Balaban J connectivity index is 1.54. The van der Waals surface area contributed by atoms with Crippen LogP contribution < -0.4 is 10.1 Å². The number of carbonyl (C=O) groups is 1. The van der Waals surface area contributed by atoms with Gasteiger partial charge in [-0.25, -0.2) is 4.39 Å². The summed E-state index contributed by atoms with van der Waals surface area (Å²) in [6.07, 6.45) is -0.884. The van der Waals surface area contributed by atoms with Crippen LogP contribution in [-0.2, 0) is 10.5 Å². The van der Waals surface area contributed by atoms with Crippen molar-refractivity contribution >= 4 is 45.7 Å². The Morgan fingerprint density at radius 1 is 1.26 bits per heavy atom. The average molecular weight is 424 g/mol. The van der Waals surface area contributed by atoms with E-state index in [9.17, 15) is 9.18 Å². The van der Waals surface area contributed by atoms with Crippen molar-refractivity contribution in [2.45, 2.75) is 23.1 Å². The fourth-order valence-electron chi connectivity index (χ4n) is 2.06. The van der Waals surface area contributed by atoms with Gasteiger partial charge in [0.05, 0.1) is 0 Å². The third kappa shape index (κ3) is 5.41. The first-order valence-corrected chi connectivity index (χ1v) is 10.1. The summed E-state index contributed by atoms with van der Waals surface area (Å²) in [5.41, 5.74) is 0.997. The van der Waals surface area contributed by atoms with Crippen LogP contribution in [0.25, 0.3) is 0 Å². The molecule has 27 heavy (non-hydrogen) atoms. The maximum absolute atomic E-state index is 13.6. The first kappa shape index (κ1) is 19.6. The molecule has 1 amide bonds. The number of amides is 1. The van der Waals surface area contributed by atoms with E-state index in [-0.39, 0.29) is 5.75 Å². The minimum absolute atomic E-state index is 0.0217. The van der Waals surface area contributed by atoms with Gasteiger partial charge in [0, 0.05) is 10.8 Å². The van der Waals surface area contributed by atoms with Crippen molar-refractivity contribution in [1.82, 2.24) is 10.2 Å². The second kappa shape index (κ2) is 9.16. The highest BCUT2D eigenvalue weighted by Gasteiger charge is 2.18. The maximum atomic E-state index is 13.6. The van der Waals surface area contributed by atoms with Gasteiger partial charge >= 0.3 is 0 Å². The molecule has 0 bridgehead atoms. The van der Waals surface area contributed by atoms with Crippen molar-refractivity contribution < 1.29 is 13.9 Å². The summed E-state index contributed by atoms with van der Waals surface area (Å²) in [5, 5.41) is 11.7. The van der Waals surface area contributed by atoms with E-state index in [0.29, 0.717) is 20.2 Å². The van der Waals surface area contributed by atoms with Crippen molar-refractivity contribution in [3.05, 3.63) is 64.9 Å². The van der Waals surface area contributed by atoms with Gasteiger partial charge in [0.2, 0.25) is 5.13 Å². The van der Waals surface area contributed by atoms with Crippen LogP contribution in [0.4, 0.5) is 9.52 Å². The van der Waals surface area contributed by atoms with Crippen molar-refractivity contribution in [1.29, 1.82) is 0 Å². The lowest BCUT2D eigenvalue weighted by Crippen LogP contribution is -2.30. The molecule has 1 aromatic heterocycles. The number of thioether (sulfide) groups is 1. The van der Waals surface area contributed by atoms with Gasteiger partial charge in [-0.05, 0) is 30.7 Å². The van der Waals surface area contributed by atoms with E-state index in [4.69, 9.17) is 16.3 Å². The molecule has 9 heteroatoms. The van der Waals surface area contributed by atoms with Crippen LogP contribution in [0.3, 0.4) is 0 Å². The molecular weight excluding hydrogens is 409 g/mol. The molecule has 0 saturated carbocycles. The number of anilines is 1. The van der Waals surface area contributed by atoms with Crippen LogP contribution in [0.1, 0.15) is 12.5 Å². The number of nitrogens with one attached hydrogen (secondary N) is 1. The Morgan fingerprint density at radius 3 is 2.78 bits per heavy atom. The number of carbonyl (C=O) groups excluding carboxylic acids is 1. The number of halogens is 2. The van der Waals surface area contributed by atoms with Crippen molar-refractivity contribution in [2.24, 2.45) is 0 Å². The minimum atomic E-state index is -0.884. The van der Waals surface area contributed by atoms with E-state index < -0.39 is 17.8 Å². The number of rotatable bonds is 7. The van der Waals surface area contributed by atoms with E-state index in [2.05, 4.69) is 15.5 Å². The van der Waals surface area contributed by atoms with Gasteiger partial charge in [-0.3, -0.25) is 10.1 Å². The Kier molecular flexibility index (Phi) is 6.65. The van der Waals surface area contributed by atoms with Crippen molar-refractivity contribution in [3.63, 3.8) is 0 Å². The summed E-state index contributed by atoms with van der Waals surface area (Å²) in [7, 11) is 0. The van der Waals surface area contributed by atoms with Crippen LogP contribution >= 0.6 is 34.7 Å². The molecule has 3 aromatic rings. The second-order valence-electron chi connectivity index (χ2n) is 5.43. The maximum Gasteiger partial charge on any atom is 0.266 e. The number of hydrogen-bond donors (Lipinski definition) is 1. The summed E-state index contributed by atoms with van der Waals surface area (Å²) >= 11 is 8.86. The van der Waals surface area contributed by atoms with E-state index in [1.54, 1.807) is 12.1 Å². The monoisotopic (exact) mass is 423 g/mol. The lowest BCUT2D eigenvalue weighted by molar-refractivity contribution is -0.122. The average Bonchev–Trinajstić information content (AvgIpc) is 3.10. The number of nitrogens with zero attached hydrogens (tertiary/aromatic N) is 2. The summed E-state index contributed by atoms with van der Waals surface area (Å²) < 4.78 is 19.7. The topological polar surface area (TPSA) is 64.1 Å². The molecule has 5 nitrogen and oxygen atoms in total. The standard InChI is InChI=1S/C18H15ClFN3O2S2/c1-11(25-15-9-5-4-8-14(15)20)16(24)21-17-22-23-18(27-17)26-10-12-6-2-3-7-13(12)19/h2-9,11H,10H2,1H3,(H,21,22,24). The van der Waals surface area contributed by atoms with E-state index >= 15 is 0 Å². The minimum Gasteiger partial charge on any atom is -0.478 e. The molecule has 3 rings (SSSR count). The predicted octanol–water partition coefficient (Wildman–Crippen LogP) is 5.03. The van der Waals surface area contributed by atoms with Crippen LogP contribution in [0, 0.1) is 5.82 Å². The van der Waals surface area contributed by atoms with Crippen molar-refractivity contribution in [3.8, 4) is 5.75 Å². The highest BCUT2D eigenvalue weighted by atomic mass is 35.5. The number of benzene rings is 2. The molecule has 0 aliphatic rings. The SMILES string of the molecule is CC(Oc1ccccc1F)C(=O)Nc1nnc(SCc2ccccc2Cl)s1. The van der Waals surface area contributed by atoms with Gasteiger partial charge in [-0.1, -0.05) is 65.0 Å². The molecule has 0 saturated heterocycles. The Morgan fingerprint density at radius 2 is 2.00 bits per heavy atom. The number of aromatic nitrogens is 2. The van der Waals surface area contributed by atoms with Gasteiger partial charge in [-0.2, -0.15) is 0 Å². The smallest absolute Gasteiger partial charge is 0.266 e. The van der Waals surface area contributed by atoms with E-state index in [0.717, 1.165) is 5.56 Å². The Hall–Kier alpha value is -2.16. The molecule has 0 fully saturated rings. The molecule has 0 aliphatic heterocycles. The van der Waals surface area contributed by atoms with Crippen molar-refractivity contribution in [2.75, 3.05) is 5.32 Å².